The van der Waals surface area contributed by atoms with Crippen molar-refractivity contribution in [3.05, 3.63) is 65.0 Å². The summed E-state index contributed by atoms with van der Waals surface area (Å²) in [5, 5.41) is 7.57. The zero-order valence-corrected chi connectivity index (χ0v) is 20.7. The Morgan fingerprint density at radius 1 is 1.17 bits per heavy atom. The minimum absolute atomic E-state index is 0.00978. The van der Waals surface area contributed by atoms with Crippen molar-refractivity contribution in [3.8, 4) is 5.75 Å². The van der Waals surface area contributed by atoms with Crippen molar-refractivity contribution >= 4 is 57.1 Å². The van der Waals surface area contributed by atoms with E-state index in [1.165, 1.54) is 6.08 Å². The van der Waals surface area contributed by atoms with E-state index >= 15 is 0 Å². The fourth-order valence-electron chi connectivity index (χ4n) is 5.31. The molecule has 6 nitrogen and oxygen atoms in total. The number of nitrogens with zero attached hydrogens (tertiary/aromatic N) is 2. The summed E-state index contributed by atoms with van der Waals surface area (Å²) in [4.78, 5) is 18.8. The third kappa shape index (κ3) is 4.39. The zero-order chi connectivity index (χ0) is 24.7. The topological polar surface area (TPSA) is 66.5 Å². The Morgan fingerprint density at radius 2 is 1.91 bits per heavy atom. The van der Waals surface area contributed by atoms with Gasteiger partial charge in [-0.2, -0.15) is 0 Å². The maximum Gasteiger partial charge on any atom is 0.246 e. The van der Waals surface area contributed by atoms with Gasteiger partial charge < -0.3 is 20.3 Å². The van der Waals surface area contributed by atoms with Gasteiger partial charge in [0.1, 0.15) is 5.75 Å². The second kappa shape index (κ2) is 9.55. The number of ether oxygens (including phenoxy) is 1. The fraction of sp³-hybridized carbons (Fsp3) is 0.308. The molecule has 2 N–H and O–H groups in total. The number of piperidine rings is 1. The highest BCUT2D eigenvalue weighted by molar-refractivity contribution is 6.42. The SMILES string of the molecule is C=CC(=O)N1[C@@H]2CC[C@H]1CC(Nc1cc3c(Nc4ccc(Cl)c(Cl)c4F)ccnc3cc1OC)C2. The molecule has 2 aromatic carbocycles. The molecule has 2 aliphatic heterocycles. The van der Waals surface area contributed by atoms with Crippen LogP contribution in [0.25, 0.3) is 10.9 Å². The van der Waals surface area contributed by atoms with Gasteiger partial charge >= 0.3 is 0 Å². The molecule has 2 fully saturated rings. The monoisotopic (exact) mass is 514 g/mol. The van der Waals surface area contributed by atoms with Crippen LogP contribution in [0.5, 0.6) is 5.75 Å². The number of rotatable bonds is 6. The molecule has 3 heterocycles. The second-order valence-electron chi connectivity index (χ2n) is 8.92. The zero-order valence-electron chi connectivity index (χ0n) is 19.2. The lowest BCUT2D eigenvalue weighted by molar-refractivity contribution is -0.130. The average Bonchev–Trinajstić information content (AvgIpc) is 3.13. The first-order chi connectivity index (χ1) is 16.9. The van der Waals surface area contributed by atoms with E-state index in [1.807, 2.05) is 17.0 Å². The molecule has 0 aliphatic carbocycles. The molecule has 0 spiro atoms. The van der Waals surface area contributed by atoms with Crippen molar-refractivity contribution in [1.29, 1.82) is 0 Å². The first kappa shape index (κ1) is 23.7. The first-order valence-corrected chi connectivity index (χ1v) is 12.2. The summed E-state index contributed by atoms with van der Waals surface area (Å²) in [5.74, 6) is 0.0580. The van der Waals surface area contributed by atoms with Gasteiger partial charge in [-0.3, -0.25) is 9.78 Å². The van der Waals surface area contributed by atoms with Gasteiger partial charge in [0.25, 0.3) is 0 Å². The third-order valence-corrected chi connectivity index (χ3v) is 7.67. The van der Waals surface area contributed by atoms with Crippen molar-refractivity contribution in [3.63, 3.8) is 0 Å². The Morgan fingerprint density at radius 3 is 2.60 bits per heavy atom. The van der Waals surface area contributed by atoms with Crippen LogP contribution in [-0.2, 0) is 4.79 Å². The van der Waals surface area contributed by atoms with Crippen LogP contribution < -0.4 is 15.4 Å². The molecule has 5 rings (SSSR count). The van der Waals surface area contributed by atoms with Gasteiger partial charge in [0, 0.05) is 41.5 Å². The summed E-state index contributed by atoms with van der Waals surface area (Å²) in [6.07, 6.45) is 6.77. The van der Waals surface area contributed by atoms with Gasteiger partial charge in [0.05, 0.1) is 34.0 Å². The highest BCUT2D eigenvalue weighted by Crippen LogP contribution is 2.40. The summed E-state index contributed by atoms with van der Waals surface area (Å²) < 4.78 is 20.3. The smallest absolute Gasteiger partial charge is 0.246 e. The molecule has 1 unspecified atom stereocenters. The number of anilines is 3. The molecule has 9 heteroatoms. The number of pyridine rings is 1. The molecular weight excluding hydrogens is 490 g/mol. The molecule has 182 valence electrons. The Hall–Kier alpha value is -3.03. The second-order valence-corrected chi connectivity index (χ2v) is 9.71. The number of amides is 1. The number of aromatic nitrogens is 1. The quantitative estimate of drug-likeness (QED) is 0.288. The van der Waals surface area contributed by atoms with E-state index in [0.717, 1.165) is 36.8 Å². The lowest BCUT2D eigenvalue weighted by atomic mass is 9.96. The van der Waals surface area contributed by atoms with E-state index in [4.69, 9.17) is 27.9 Å². The van der Waals surface area contributed by atoms with Gasteiger partial charge in [-0.1, -0.05) is 29.8 Å². The van der Waals surface area contributed by atoms with E-state index in [2.05, 4.69) is 22.2 Å². The van der Waals surface area contributed by atoms with Crippen LogP contribution >= 0.6 is 23.2 Å². The molecule has 2 saturated heterocycles. The molecule has 0 saturated carbocycles. The van der Waals surface area contributed by atoms with E-state index in [9.17, 15) is 9.18 Å². The number of carbonyl (C=O) groups excluding carboxylic acids is 1. The highest BCUT2D eigenvalue weighted by atomic mass is 35.5. The number of methoxy groups -OCH3 is 1. The van der Waals surface area contributed by atoms with Crippen LogP contribution in [0.15, 0.2) is 49.2 Å². The van der Waals surface area contributed by atoms with Gasteiger partial charge in [0.15, 0.2) is 5.82 Å². The van der Waals surface area contributed by atoms with Gasteiger partial charge in [0.2, 0.25) is 5.91 Å². The van der Waals surface area contributed by atoms with Crippen LogP contribution in [0, 0.1) is 5.82 Å². The van der Waals surface area contributed by atoms with Crippen molar-refractivity contribution in [2.24, 2.45) is 0 Å². The molecular formula is C26H25Cl2FN4O2. The summed E-state index contributed by atoms with van der Waals surface area (Å²) in [5.41, 5.74) is 2.40. The maximum absolute atomic E-state index is 14.7. The van der Waals surface area contributed by atoms with Crippen LogP contribution in [0.1, 0.15) is 25.7 Å². The summed E-state index contributed by atoms with van der Waals surface area (Å²) in [7, 11) is 1.62. The summed E-state index contributed by atoms with van der Waals surface area (Å²) in [6.45, 7) is 3.65. The van der Waals surface area contributed by atoms with Crippen molar-refractivity contribution in [2.45, 2.75) is 43.8 Å². The van der Waals surface area contributed by atoms with E-state index in [1.54, 1.807) is 31.5 Å². The predicted molar refractivity (Wildman–Crippen MR) is 138 cm³/mol. The molecule has 2 aliphatic rings. The Bertz CT molecular complexity index is 1300. The molecule has 35 heavy (non-hydrogen) atoms. The number of benzene rings is 2. The minimum Gasteiger partial charge on any atom is -0.495 e. The van der Waals surface area contributed by atoms with Gasteiger partial charge in [-0.05, 0) is 56.0 Å². The first-order valence-electron chi connectivity index (χ1n) is 11.5. The van der Waals surface area contributed by atoms with Gasteiger partial charge in [-0.25, -0.2) is 4.39 Å². The largest absolute Gasteiger partial charge is 0.495 e. The number of carbonyl (C=O) groups is 1. The molecule has 0 radical (unpaired) electrons. The normalized spacial score (nSPS) is 21.1. The summed E-state index contributed by atoms with van der Waals surface area (Å²) >= 11 is 11.9. The fourth-order valence-corrected chi connectivity index (χ4v) is 5.62. The van der Waals surface area contributed by atoms with Gasteiger partial charge in [-0.15, -0.1) is 0 Å². The number of hydrogen-bond donors (Lipinski definition) is 2. The molecule has 1 amide bonds. The minimum atomic E-state index is -0.618. The lowest BCUT2D eigenvalue weighted by Crippen LogP contribution is -2.49. The van der Waals surface area contributed by atoms with Crippen LogP contribution in [-0.4, -0.2) is 41.0 Å². The standard InChI is InChI=1S/C26H25Cl2FN4O2/c1-3-24(34)33-15-4-5-16(33)11-14(10-15)31-22-12-17-19(8-9-30-21(17)13-23(22)35-2)32-20-7-6-18(27)25(28)26(20)29/h3,6-9,12-16,31H,1,4-5,10-11H2,2H3,(H,30,32)/t14?,15-,16+. The Labute approximate surface area is 213 Å². The predicted octanol–water partition coefficient (Wildman–Crippen LogP) is 6.55. The Kier molecular flexibility index (Phi) is 6.47. The molecule has 2 bridgehead atoms. The number of nitrogens with one attached hydrogen (secondary N) is 2. The van der Waals surface area contributed by atoms with E-state index < -0.39 is 5.82 Å². The lowest BCUT2D eigenvalue weighted by Gasteiger charge is -2.39. The van der Waals surface area contributed by atoms with E-state index in [0.29, 0.717) is 17.0 Å². The third-order valence-electron chi connectivity index (χ3n) is 6.89. The summed E-state index contributed by atoms with van der Waals surface area (Å²) in [6, 6.07) is 9.30. The Balaban J connectivity index is 1.45. The van der Waals surface area contributed by atoms with Crippen LogP contribution in [0.4, 0.5) is 21.5 Å². The van der Waals surface area contributed by atoms with Crippen LogP contribution in [0.3, 0.4) is 0 Å². The molecule has 3 atom stereocenters. The number of fused-ring (bicyclic) bond motifs is 3. The molecule has 3 aromatic rings. The maximum atomic E-state index is 14.7. The number of hydrogen-bond acceptors (Lipinski definition) is 5. The van der Waals surface area contributed by atoms with Crippen molar-refractivity contribution in [2.75, 3.05) is 17.7 Å². The highest BCUT2D eigenvalue weighted by Gasteiger charge is 2.42. The van der Waals surface area contributed by atoms with Crippen LogP contribution in [0.2, 0.25) is 10.0 Å². The van der Waals surface area contributed by atoms with Crippen molar-refractivity contribution < 1.29 is 13.9 Å². The molecule has 1 aromatic heterocycles. The van der Waals surface area contributed by atoms with Crippen molar-refractivity contribution in [1.82, 2.24) is 9.88 Å². The number of halogens is 3. The van der Waals surface area contributed by atoms with E-state index in [-0.39, 0.29) is 39.8 Å². The average molecular weight is 515 g/mol.